The van der Waals surface area contributed by atoms with Gasteiger partial charge in [0.1, 0.15) is 0 Å². The minimum absolute atomic E-state index is 0.655. The third-order valence-electron chi connectivity index (χ3n) is 30.6. The van der Waals surface area contributed by atoms with Crippen molar-refractivity contribution in [1.82, 2.24) is 117 Å². The van der Waals surface area contributed by atoms with Crippen LogP contribution >= 0.6 is 0 Å². The first-order chi connectivity index (χ1) is 65.6. The molecule has 19 aliphatic heterocycles. The fourth-order valence-electron chi connectivity index (χ4n) is 23.7. The van der Waals surface area contributed by atoms with Gasteiger partial charge in [-0.15, -0.1) is 0 Å². The van der Waals surface area contributed by atoms with Crippen LogP contribution in [0.3, 0.4) is 0 Å². The van der Waals surface area contributed by atoms with E-state index in [1.165, 1.54) is 421 Å². The van der Waals surface area contributed by atoms with Crippen LogP contribution in [0.5, 0.6) is 0 Å². The van der Waals surface area contributed by atoms with Crippen LogP contribution in [0.4, 0.5) is 0 Å². The Bertz CT molecular complexity index is 1510. The van der Waals surface area contributed by atoms with Crippen LogP contribution in [-0.4, -0.2) is 257 Å². The lowest BCUT2D eigenvalue weighted by Crippen LogP contribution is -2.56. The number of piperazine rings is 1. The van der Waals surface area contributed by atoms with Crippen LogP contribution in [0.15, 0.2) is 0 Å². The Morgan fingerprint density at radius 3 is 0.735 bits per heavy atom. The van der Waals surface area contributed by atoms with Gasteiger partial charge in [-0.05, 0) is 408 Å². The second-order valence-corrected chi connectivity index (χ2v) is 38.1. The number of nitrogens with one attached hydrogen (secondary N) is 22. The minimum Gasteiger partial charge on any atom is -0.316 e. The van der Waals surface area contributed by atoms with Crippen LogP contribution in [0.1, 0.15) is 390 Å². The first kappa shape index (κ1) is 129. The first-order valence-electron chi connectivity index (χ1n) is 59.6. The molecule has 0 aromatic heterocycles. The summed E-state index contributed by atoms with van der Waals surface area (Å²) in [4.78, 5) is 0. The van der Waals surface area contributed by atoms with E-state index in [2.05, 4.69) is 117 Å². The smallest absolute Gasteiger partial charge is 0.0600 e. The Balaban J connectivity index is 0.000000710. The summed E-state index contributed by atoms with van der Waals surface area (Å²) >= 11 is 0. The standard InChI is InChI=1S/11C8H16N2.11C2H6/c1-3-9-6-8-2-4-10-5-7(1)8;1-3-9-5-8-6-10-4-2-7(1)8;1-3-7-8(9-5-1)4-2-6-10-7;1-3-7-4-2-6-10-8(7)9-5-1;2*1-2-7-6-9-5-3-8(7)10-4-1;2*1-2-7-3-5-9-6-8(7)10-4-1;1-2-4-8-7(3-1)5-9-6-10-8;1-2-4-8-7(3-1)9-5-6-10-8;1-2-4-8-7(3-1)5-6-9-10-8;11*1-2/h11*7-10H,1-6H2;11*1-2H3. The van der Waals surface area contributed by atoms with Gasteiger partial charge in [0.15, 0.2) is 0 Å². The van der Waals surface area contributed by atoms with Crippen molar-refractivity contribution in [2.75, 3.05) is 190 Å². The van der Waals surface area contributed by atoms with Gasteiger partial charge in [0.25, 0.3) is 0 Å². The highest BCUT2D eigenvalue weighted by atomic mass is 15.4. The number of hydrogen-bond acceptors (Lipinski definition) is 22. The molecule has 0 radical (unpaired) electrons. The van der Waals surface area contributed by atoms with Crippen LogP contribution in [0, 0.1) is 65.1 Å². The number of hydrazine groups is 1. The number of rotatable bonds is 0. The summed E-state index contributed by atoms with van der Waals surface area (Å²) < 4.78 is 0. The van der Waals surface area contributed by atoms with Crippen LogP contribution in [0.25, 0.3) is 0 Å². The molecule has 22 N–H and O–H groups in total. The topological polar surface area (TPSA) is 265 Å². The van der Waals surface area contributed by atoms with Gasteiger partial charge in [-0.25, -0.2) is 0 Å². The maximum atomic E-state index is 3.58. The van der Waals surface area contributed by atoms with E-state index in [-0.39, 0.29) is 0 Å². The number of piperidine rings is 16. The van der Waals surface area contributed by atoms with Gasteiger partial charge in [-0.2, -0.15) is 0 Å². The normalized spacial score (nSPS) is 34.5. The molecule has 22 rings (SSSR count). The van der Waals surface area contributed by atoms with E-state index < -0.39 is 0 Å². The predicted molar refractivity (Wildman–Crippen MR) is 586 cm³/mol. The summed E-state index contributed by atoms with van der Waals surface area (Å²) in [6.45, 7) is 79.5. The van der Waals surface area contributed by atoms with Gasteiger partial charge in [0.05, 0.1) is 6.17 Å². The molecule has 792 valence electrons. The largest absolute Gasteiger partial charge is 0.316 e. The molecule has 3 aliphatic carbocycles. The fourth-order valence-corrected chi connectivity index (χ4v) is 23.7. The van der Waals surface area contributed by atoms with Gasteiger partial charge < -0.3 is 106 Å². The first-order valence-corrected chi connectivity index (χ1v) is 59.6. The van der Waals surface area contributed by atoms with Crippen molar-refractivity contribution in [3.8, 4) is 0 Å². The molecule has 22 heteroatoms. The van der Waals surface area contributed by atoms with Crippen molar-refractivity contribution in [2.45, 2.75) is 456 Å². The lowest BCUT2D eigenvalue weighted by atomic mass is 9.82. The highest BCUT2D eigenvalue weighted by molar-refractivity contribution is 4.95. The summed E-state index contributed by atoms with van der Waals surface area (Å²) in [5.41, 5.74) is 6.60. The zero-order chi connectivity index (χ0) is 96.9. The monoisotopic (exact) mass is 1870 g/mol. The van der Waals surface area contributed by atoms with Crippen molar-refractivity contribution < 1.29 is 0 Å². The molecule has 0 spiro atoms. The molecule has 0 aromatic rings. The van der Waals surface area contributed by atoms with E-state index in [0.717, 1.165) is 132 Å². The average molecular weight is 1870 g/mol. The molecule has 22 nitrogen and oxygen atoms in total. The number of fused-ring (bicyclic) bond motifs is 11. The van der Waals surface area contributed by atoms with Crippen LogP contribution in [-0.2, 0) is 0 Å². The fraction of sp³-hybridized carbons (Fsp3) is 1.00. The van der Waals surface area contributed by atoms with Gasteiger partial charge in [0, 0.05) is 106 Å². The van der Waals surface area contributed by atoms with E-state index in [0.29, 0.717) is 6.17 Å². The molecule has 0 amide bonds. The van der Waals surface area contributed by atoms with Gasteiger partial charge in [-0.1, -0.05) is 191 Å². The van der Waals surface area contributed by atoms with E-state index >= 15 is 0 Å². The SMILES string of the molecule is C1CC2CCNCC2CN1.C1CC2CNCCC2CN1.C1CCC2NCCNC2C1.C1CCC2NCNCC2C1.C1CCC2NNCCC2C1.C1CNC2CCCNC2C1.C1CNC2CCNCC2C1.C1CNC2CCNCC2C1.C1CNC2CNCCC2C1.C1CNC2CNCCC2C1.C1CNC2NCCCC2C1.CC.CC.CC.CC.CC.CC.CC.CC.CC.CC.CC. The van der Waals surface area contributed by atoms with Gasteiger partial charge >= 0.3 is 0 Å². The molecule has 19 saturated heterocycles. The maximum absolute atomic E-state index is 3.58. The van der Waals surface area contributed by atoms with Crippen molar-refractivity contribution >= 4 is 0 Å². The van der Waals surface area contributed by atoms with Crippen molar-refractivity contribution in [3.63, 3.8) is 0 Å². The molecule has 3 saturated carbocycles. The molecular weight excluding hydrogens is 1630 g/mol. The lowest BCUT2D eigenvalue weighted by Gasteiger charge is -2.37. The maximum Gasteiger partial charge on any atom is 0.0600 e. The average Bonchev–Trinajstić information content (AvgIpc) is 0.961. The van der Waals surface area contributed by atoms with E-state index in [1.54, 1.807) is 0 Å². The van der Waals surface area contributed by atoms with Crippen molar-refractivity contribution in [1.29, 1.82) is 0 Å². The molecule has 0 aromatic carbocycles. The van der Waals surface area contributed by atoms with Crippen LogP contribution in [0.2, 0.25) is 0 Å². The minimum atomic E-state index is 0.655. The van der Waals surface area contributed by atoms with Crippen LogP contribution < -0.4 is 117 Å². The van der Waals surface area contributed by atoms with Gasteiger partial charge in [-0.3, -0.25) is 10.9 Å². The summed E-state index contributed by atoms with van der Waals surface area (Å²) in [5.74, 6) is 10.6. The summed E-state index contributed by atoms with van der Waals surface area (Å²) in [6, 6.07) is 8.09. The van der Waals surface area contributed by atoms with E-state index in [1.807, 2.05) is 152 Å². The predicted octanol–water partition coefficient (Wildman–Crippen LogP) is 16.5. The molecule has 22 fully saturated rings. The third-order valence-corrected chi connectivity index (χ3v) is 30.6. The third kappa shape index (κ3) is 54.5. The van der Waals surface area contributed by atoms with Crippen molar-refractivity contribution in [3.05, 3.63) is 0 Å². The van der Waals surface area contributed by atoms with E-state index in [4.69, 9.17) is 0 Å². The summed E-state index contributed by atoms with van der Waals surface area (Å²) in [6.07, 6.45) is 52.6. The summed E-state index contributed by atoms with van der Waals surface area (Å²) in [5, 5.41) is 69.9. The summed E-state index contributed by atoms with van der Waals surface area (Å²) in [7, 11) is 0. The molecule has 132 heavy (non-hydrogen) atoms. The Morgan fingerprint density at radius 2 is 0.364 bits per heavy atom. The zero-order valence-corrected chi connectivity index (χ0v) is 92.4. The highest BCUT2D eigenvalue weighted by Gasteiger charge is 2.35. The Hall–Kier alpha value is -0.880. The quantitative estimate of drug-likeness (QED) is 0.107. The second kappa shape index (κ2) is 92.5. The second-order valence-electron chi connectivity index (χ2n) is 38.1. The molecule has 0 bridgehead atoms. The molecule has 19 heterocycles. The molecule has 18 unspecified atom stereocenters. The Kier molecular flexibility index (Phi) is 90.5. The number of hydrogen-bond donors (Lipinski definition) is 22. The van der Waals surface area contributed by atoms with Gasteiger partial charge in [0.2, 0.25) is 0 Å². The Labute approximate surface area is 824 Å². The van der Waals surface area contributed by atoms with E-state index in [9.17, 15) is 0 Å². The molecule has 18 atom stereocenters. The zero-order valence-electron chi connectivity index (χ0n) is 92.4. The lowest BCUT2D eigenvalue weighted by molar-refractivity contribution is 0.186. The Morgan fingerprint density at radius 1 is 0.129 bits per heavy atom. The molecular formula is C110H242N22. The highest BCUT2D eigenvalue weighted by Crippen LogP contribution is 2.31. The van der Waals surface area contributed by atoms with Crippen molar-refractivity contribution in [2.24, 2.45) is 65.1 Å². The molecule has 22 aliphatic rings.